The third kappa shape index (κ3) is 2.77. The van der Waals surface area contributed by atoms with Crippen molar-refractivity contribution in [2.75, 3.05) is 0 Å². The van der Waals surface area contributed by atoms with Crippen molar-refractivity contribution in [3.63, 3.8) is 0 Å². The van der Waals surface area contributed by atoms with Gasteiger partial charge in [-0.15, -0.1) is 0 Å². The molecule has 0 amide bonds. The predicted molar refractivity (Wildman–Crippen MR) is 79.8 cm³/mol. The van der Waals surface area contributed by atoms with Crippen LogP contribution in [0, 0.1) is 0 Å². The number of carbonyl (C=O) groups is 1. The molecule has 2 aromatic rings. The summed E-state index contributed by atoms with van der Waals surface area (Å²) in [6.45, 7) is 1.54. The van der Waals surface area contributed by atoms with E-state index in [4.69, 9.17) is 5.11 Å². The van der Waals surface area contributed by atoms with Crippen LogP contribution in [0.3, 0.4) is 0 Å². The van der Waals surface area contributed by atoms with Crippen molar-refractivity contribution in [2.45, 2.75) is 38.1 Å². The maximum atomic E-state index is 12.0. The van der Waals surface area contributed by atoms with Crippen molar-refractivity contribution in [3.05, 3.63) is 57.8 Å². The van der Waals surface area contributed by atoms with Gasteiger partial charge in [0.15, 0.2) is 0 Å². The van der Waals surface area contributed by atoms with Gasteiger partial charge < -0.3 is 5.11 Å². The maximum Gasteiger partial charge on any atom is 0.325 e. The average Bonchev–Trinajstić information content (AvgIpc) is 3.29. The van der Waals surface area contributed by atoms with Gasteiger partial charge >= 0.3 is 5.97 Å². The van der Waals surface area contributed by atoms with Gasteiger partial charge in [0.1, 0.15) is 18.1 Å². The van der Waals surface area contributed by atoms with Crippen molar-refractivity contribution in [1.82, 2.24) is 14.8 Å². The average molecular weight is 299 g/mol. The van der Waals surface area contributed by atoms with Crippen LogP contribution in [0.2, 0.25) is 0 Å². The second-order valence-electron chi connectivity index (χ2n) is 5.49. The summed E-state index contributed by atoms with van der Waals surface area (Å²) in [7, 11) is 0. The van der Waals surface area contributed by atoms with Crippen LogP contribution in [0.25, 0.3) is 0 Å². The van der Waals surface area contributed by atoms with Crippen LogP contribution >= 0.6 is 0 Å². The molecule has 1 aliphatic rings. The highest BCUT2D eigenvalue weighted by Crippen LogP contribution is 2.53. The molecule has 1 aliphatic carbocycles. The number of carboxylic acid groups (broad SMARTS) is 1. The summed E-state index contributed by atoms with van der Waals surface area (Å²) in [5.74, 6) is -0.160. The third-order valence-corrected chi connectivity index (χ3v) is 3.94. The zero-order valence-electron chi connectivity index (χ0n) is 12.3. The molecule has 3 rings (SSSR count). The number of rotatable bonds is 5. The van der Waals surface area contributed by atoms with Gasteiger partial charge in [-0.1, -0.05) is 37.3 Å². The highest BCUT2D eigenvalue weighted by molar-refractivity contribution is 5.66. The van der Waals surface area contributed by atoms with E-state index in [2.05, 4.69) is 10.1 Å². The molecule has 6 nitrogen and oxygen atoms in total. The van der Waals surface area contributed by atoms with E-state index >= 15 is 0 Å². The van der Waals surface area contributed by atoms with Crippen LogP contribution in [-0.2, 0) is 17.8 Å². The molecule has 1 heterocycles. The quantitative estimate of drug-likeness (QED) is 0.905. The molecule has 0 radical (unpaired) electrons. The summed E-state index contributed by atoms with van der Waals surface area (Å²) in [5.41, 5.74) is 1.14. The van der Waals surface area contributed by atoms with Gasteiger partial charge in [0.2, 0.25) is 0 Å². The van der Waals surface area contributed by atoms with Gasteiger partial charge in [-0.05, 0) is 24.3 Å². The van der Waals surface area contributed by atoms with Gasteiger partial charge in [-0.2, -0.15) is 10.1 Å². The Morgan fingerprint density at radius 1 is 1.32 bits per heavy atom. The van der Waals surface area contributed by atoms with Gasteiger partial charge in [0.05, 0.1) is 0 Å². The molecule has 114 valence electrons. The molecule has 1 saturated carbocycles. The van der Waals surface area contributed by atoms with E-state index in [9.17, 15) is 9.59 Å². The maximum absolute atomic E-state index is 12.0. The van der Waals surface area contributed by atoms with Gasteiger partial charge in [-0.25, -0.2) is 4.68 Å². The van der Waals surface area contributed by atoms with Crippen molar-refractivity contribution in [2.24, 2.45) is 0 Å². The molecule has 0 unspecified atom stereocenters. The Bertz CT molecular complexity index is 755. The zero-order chi connectivity index (χ0) is 15.7. The molecule has 1 aromatic heterocycles. The predicted octanol–water partition coefficient (Wildman–Crippen LogP) is 1.56. The van der Waals surface area contributed by atoms with Crippen molar-refractivity contribution in [1.29, 1.82) is 0 Å². The second kappa shape index (κ2) is 5.71. The Balaban J connectivity index is 1.95. The number of hydrogen-bond donors (Lipinski definition) is 1. The minimum absolute atomic E-state index is 0.0628. The minimum atomic E-state index is -0.988. The lowest BCUT2D eigenvalue weighted by atomic mass is 10.1. The first-order valence-corrected chi connectivity index (χ1v) is 7.34. The fourth-order valence-corrected chi connectivity index (χ4v) is 2.76. The highest BCUT2D eigenvalue weighted by atomic mass is 16.4. The Morgan fingerprint density at radius 2 is 2.05 bits per heavy atom. The number of carboxylic acids is 1. The van der Waals surface area contributed by atoms with Gasteiger partial charge in [-0.3, -0.25) is 9.59 Å². The van der Waals surface area contributed by atoms with E-state index in [0.29, 0.717) is 17.9 Å². The minimum Gasteiger partial charge on any atom is -0.480 e. The molecule has 0 aliphatic heterocycles. The van der Waals surface area contributed by atoms with Crippen LogP contribution < -0.4 is 5.56 Å². The standard InChI is InChI=1S/C16H17N3O3/c1-2-13-16(22)17-15(19(18-13)9-14(20)21)12-8-11(12)10-6-4-3-5-7-10/h3-7,11-12H,2,8-9H2,1H3,(H,20,21)/t11-,12+/m1/s1. The molecular weight excluding hydrogens is 282 g/mol. The number of aryl methyl sites for hydroxylation is 1. The lowest BCUT2D eigenvalue weighted by molar-refractivity contribution is -0.138. The summed E-state index contributed by atoms with van der Waals surface area (Å²) < 4.78 is 1.37. The Labute approximate surface area is 127 Å². The first kappa shape index (κ1) is 14.4. The smallest absolute Gasteiger partial charge is 0.325 e. The van der Waals surface area contributed by atoms with E-state index in [-0.39, 0.29) is 23.9 Å². The summed E-state index contributed by atoms with van der Waals surface area (Å²) in [6.07, 6.45) is 1.31. The Kier molecular flexibility index (Phi) is 3.75. The summed E-state index contributed by atoms with van der Waals surface area (Å²) in [6, 6.07) is 9.98. The topological polar surface area (TPSA) is 85.1 Å². The molecule has 0 spiro atoms. The lowest BCUT2D eigenvalue weighted by Gasteiger charge is -2.10. The third-order valence-electron chi connectivity index (χ3n) is 3.94. The highest BCUT2D eigenvalue weighted by Gasteiger charge is 2.43. The van der Waals surface area contributed by atoms with E-state index < -0.39 is 5.97 Å². The van der Waals surface area contributed by atoms with Crippen LogP contribution in [0.15, 0.2) is 35.1 Å². The normalized spacial score (nSPS) is 19.9. The molecule has 1 aromatic carbocycles. The zero-order valence-corrected chi connectivity index (χ0v) is 12.3. The largest absolute Gasteiger partial charge is 0.480 e. The van der Waals surface area contributed by atoms with E-state index in [1.54, 1.807) is 6.92 Å². The van der Waals surface area contributed by atoms with E-state index in [1.165, 1.54) is 10.2 Å². The molecule has 22 heavy (non-hydrogen) atoms. The molecule has 2 atom stereocenters. The molecular formula is C16H17N3O3. The number of benzene rings is 1. The van der Waals surface area contributed by atoms with Gasteiger partial charge in [0.25, 0.3) is 5.56 Å². The van der Waals surface area contributed by atoms with E-state index in [1.807, 2.05) is 30.3 Å². The van der Waals surface area contributed by atoms with Gasteiger partial charge in [0, 0.05) is 5.92 Å². The molecule has 1 fully saturated rings. The number of hydrogen-bond acceptors (Lipinski definition) is 4. The first-order valence-electron chi connectivity index (χ1n) is 7.34. The van der Waals surface area contributed by atoms with Crippen LogP contribution in [0.4, 0.5) is 0 Å². The SMILES string of the molecule is CCc1nn(CC(=O)O)c([C@H]2C[C@@H]2c2ccccc2)nc1=O. The van der Waals surface area contributed by atoms with E-state index in [0.717, 1.165) is 6.42 Å². The summed E-state index contributed by atoms with van der Waals surface area (Å²) in [4.78, 5) is 27.1. The number of aliphatic carboxylic acids is 1. The molecule has 1 N–H and O–H groups in total. The van der Waals surface area contributed by atoms with Crippen LogP contribution in [0.1, 0.15) is 42.3 Å². The van der Waals surface area contributed by atoms with Crippen LogP contribution in [0.5, 0.6) is 0 Å². The van der Waals surface area contributed by atoms with Crippen LogP contribution in [-0.4, -0.2) is 25.8 Å². The monoisotopic (exact) mass is 299 g/mol. The number of nitrogens with zero attached hydrogens (tertiary/aromatic N) is 3. The van der Waals surface area contributed by atoms with Crippen molar-refractivity contribution < 1.29 is 9.90 Å². The molecule has 0 bridgehead atoms. The summed E-state index contributed by atoms with van der Waals surface area (Å²) in [5, 5.41) is 13.2. The fraction of sp³-hybridized carbons (Fsp3) is 0.375. The Hall–Kier alpha value is -2.50. The molecule has 6 heteroatoms. The number of aromatic nitrogens is 3. The first-order chi connectivity index (χ1) is 10.6. The second-order valence-corrected chi connectivity index (χ2v) is 5.49. The van der Waals surface area contributed by atoms with Crippen molar-refractivity contribution >= 4 is 5.97 Å². The fourth-order valence-electron chi connectivity index (χ4n) is 2.76. The molecule has 0 saturated heterocycles. The van der Waals surface area contributed by atoms with Crippen molar-refractivity contribution in [3.8, 4) is 0 Å². The summed E-state index contributed by atoms with van der Waals surface area (Å²) >= 11 is 0. The lowest BCUT2D eigenvalue weighted by Crippen LogP contribution is -2.27. The Morgan fingerprint density at radius 3 is 2.68 bits per heavy atom.